The van der Waals surface area contributed by atoms with Gasteiger partial charge in [0.15, 0.2) is 0 Å². The number of nitrogens with zero attached hydrogens (tertiary/aromatic N) is 2. The van der Waals surface area contributed by atoms with Crippen molar-refractivity contribution < 1.29 is 14.7 Å². The van der Waals surface area contributed by atoms with E-state index in [4.69, 9.17) is 5.26 Å². The van der Waals surface area contributed by atoms with Crippen molar-refractivity contribution in [3.63, 3.8) is 0 Å². The maximum Gasteiger partial charge on any atom is 0.408 e. The quantitative estimate of drug-likeness (QED) is 0.814. The standard InChI is InChI=1S/C15H25N3O3/c1-10(2)8-11(18(13(20)21)14(3,4)5)12(19)17-15(9-16)6-7-15/h10-11H,6-8H2,1-5H3,(H,17,19)(H,20,21)/t11-/m0/s1. The second-order valence-electron chi connectivity index (χ2n) is 7.15. The summed E-state index contributed by atoms with van der Waals surface area (Å²) in [5.41, 5.74) is -1.47. The first-order valence-electron chi connectivity index (χ1n) is 7.28. The van der Waals surface area contributed by atoms with E-state index in [2.05, 4.69) is 11.4 Å². The van der Waals surface area contributed by atoms with Crippen LogP contribution in [0.5, 0.6) is 0 Å². The lowest BCUT2D eigenvalue weighted by atomic mass is 9.96. The van der Waals surface area contributed by atoms with Gasteiger partial charge < -0.3 is 10.4 Å². The Bertz CT molecular complexity index is 456. The van der Waals surface area contributed by atoms with Gasteiger partial charge in [-0.05, 0) is 46.0 Å². The van der Waals surface area contributed by atoms with Crippen molar-refractivity contribution in [3.05, 3.63) is 0 Å². The number of nitrogens with one attached hydrogen (secondary N) is 1. The maximum atomic E-state index is 12.5. The molecule has 0 aromatic carbocycles. The zero-order valence-corrected chi connectivity index (χ0v) is 13.4. The van der Waals surface area contributed by atoms with Crippen molar-refractivity contribution in [1.29, 1.82) is 5.26 Å². The molecule has 0 aliphatic heterocycles. The third kappa shape index (κ3) is 4.35. The lowest BCUT2D eigenvalue weighted by molar-refractivity contribution is -0.128. The van der Waals surface area contributed by atoms with Gasteiger partial charge in [-0.1, -0.05) is 13.8 Å². The smallest absolute Gasteiger partial charge is 0.408 e. The van der Waals surface area contributed by atoms with Crippen LogP contribution in [0.1, 0.15) is 53.9 Å². The Kier molecular flexibility index (Phi) is 4.87. The van der Waals surface area contributed by atoms with Gasteiger partial charge in [0, 0.05) is 5.54 Å². The van der Waals surface area contributed by atoms with E-state index < -0.39 is 23.2 Å². The molecule has 0 saturated heterocycles. The molecule has 0 radical (unpaired) electrons. The van der Waals surface area contributed by atoms with Crippen molar-refractivity contribution in [2.75, 3.05) is 0 Å². The average Bonchev–Trinajstić information content (AvgIpc) is 3.05. The van der Waals surface area contributed by atoms with Crippen LogP contribution in [0.25, 0.3) is 0 Å². The molecule has 0 aromatic rings. The normalized spacial score (nSPS) is 17.8. The van der Waals surface area contributed by atoms with E-state index in [0.29, 0.717) is 19.3 Å². The summed E-state index contributed by atoms with van der Waals surface area (Å²) < 4.78 is 0. The average molecular weight is 295 g/mol. The minimum absolute atomic E-state index is 0.169. The first kappa shape index (κ1) is 17.3. The number of hydrogen-bond donors (Lipinski definition) is 2. The number of rotatable bonds is 5. The summed E-state index contributed by atoms with van der Waals surface area (Å²) in [6.45, 7) is 9.18. The van der Waals surface area contributed by atoms with Gasteiger partial charge in [-0.25, -0.2) is 4.79 Å². The molecule has 1 atom stereocenters. The Hall–Kier alpha value is -1.77. The third-order valence-electron chi connectivity index (χ3n) is 3.56. The number of carbonyl (C=O) groups is 2. The third-order valence-corrected chi connectivity index (χ3v) is 3.56. The second-order valence-corrected chi connectivity index (χ2v) is 7.15. The van der Waals surface area contributed by atoms with Crippen LogP contribution in [0.15, 0.2) is 0 Å². The highest BCUT2D eigenvalue weighted by atomic mass is 16.4. The summed E-state index contributed by atoms with van der Waals surface area (Å²) in [7, 11) is 0. The van der Waals surface area contributed by atoms with Crippen LogP contribution in [0.2, 0.25) is 0 Å². The molecule has 6 heteroatoms. The molecular weight excluding hydrogens is 270 g/mol. The van der Waals surface area contributed by atoms with E-state index in [-0.39, 0.29) is 11.8 Å². The van der Waals surface area contributed by atoms with Crippen LogP contribution in [-0.4, -0.2) is 39.1 Å². The molecule has 1 fully saturated rings. The molecule has 1 rings (SSSR count). The van der Waals surface area contributed by atoms with Crippen LogP contribution in [0.4, 0.5) is 4.79 Å². The van der Waals surface area contributed by atoms with Crippen LogP contribution >= 0.6 is 0 Å². The van der Waals surface area contributed by atoms with E-state index in [1.807, 2.05) is 13.8 Å². The molecule has 2 amide bonds. The van der Waals surface area contributed by atoms with Crippen molar-refractivity contribution >= 4 is 12.0 Å². The Labute approximate surface area is 126 Å². The second kappa shape index (κ2) is 5.92. The SMILES string of the molecule is CC(C)C[C@@H](C(=O)NC1(C#N)CC1)N(C(=O)O)C(C)(C)C. The van der Waals surface area contributed by atoms with Crippen molar-refractivity contribution in [2.45, 2.75) is 71.0 Å². The summed E-state index contributed by atoms with van der Waals surface area (Å²) >= 11 is 0. The summed E-state index contributed by atoms with van der Waals surface area (Å²) in [4.78, 5) is 25.3. The molecule has 1 aliphatic rings. The van der Waals surface area contributed by atoms with E-state index in [0.717, 1.165) is 0 Å². The molecule has 0 bridgehead atoms. The van der Waals surface area contributed by atoms with Gasteiger partial charge >= 0.3 is 6.09 Å². The van der Waals surface area contributed by atoms with Gasteiger partial charge in [0.25, 0.3) is 0 Å². The minimum atomic E-state index is -1.12. The zero-order chi connectivity index (χ0) is 16.4. The largest absolute Gasteiger partial charge is 0.465 e. The van der Waals surface area contributed by atoms with Gasteiger partial charge in [0.05, 0.1) is 6.07 Å². The summed E-state index contributed by atoms with van der Waals surface area (Å²) in [6.07, 6.45) is 0.570. The molecule has 2 N–H and O–H groups in total. The van der Waals surface area contributed by atoms with E-state index >= 15 is 0 Å². The number of nitriles is 1. The molecule has 0 aromatic heterocycles. The maximum absolute atomic E-state index is 12.5. The van der Waals surface area contributed by atoms with Crippen molar-refractivity contribution in [1.82, 2.24) is 10.2 Å². The highest BCUT2D eigenvalue weighted by Gasteiger charge is 2.47. The predicted octanol–water partition coefficient (Wildman–Crippen LogP) is 2.35. The molecule has 0 spiro atoms. The Morgan fingerprint density at radius 3 is 2.19 bits per heavy atom. The van der Waals surface area contributed by atoms with E-state index in [1.54, 1.807) is 20.8 Å². The fourth-order valence-electron chi connectivity index (χ4n) is 2.37. The summed E-state index contributed by atoms with van der Waals surface area (Å²) in [6, 6.07) is 1.32. The topological polar surface area (TPSA) is 93.4 Å². The van der Waals surface area contributed by atoms with Gasteiger partial charge in [-0.2, -0.15) is 5.26 Å². The van der Waals surface area contributed by atoms with E-state index in [1.165, 1.54) is 4.90 Å². The number of carboxylic acid groups (broad SMARTS) is 1. The highest BCUT2D eigenvalue weighted by Crippen LogP contribution is 2.35. The van der Waals surface area contributed by atoms with E-state index in [9.17, 15) is 14.7 Å². The first-order chi connectivity index (χ1) is 9.52. The van der Waals surface area contributed by atoms with Crippen LogP contribution in [0, 0.1) is 17.2 Å². The number of amides is 2. The van der Waals surface area contributed by atoms with Gasteiger partial charge in [0.1, 0.15) is 11.6 Å². The minimum Gasteiger partial charge on any atom is -0.465 e. The summed E-state index contributed by atoms with van der Waals surface area (Å²) in [5.74, 6) is -0.206. The molecule has 0 unspecified atom stereocenters. The number of hydrogen-bond acceptors (Lipinski definition) is 3. The van der Waals surface area contributed by atoms with Crippen LogP contribution in [-0.2, 0) is 4.79 Å². The number of carbonyl (C=O) groups excluding carboxylic acids is 1. The molecular formula is C15H25N3O3. The van der Waals surface area contributed by atoms with Crippen LogP contribution < -0.4 is 5.32 Å². The lowest BCUT2D eigenvalue weighted by Crippen LogP contribution is -2.58. The van der Waals surface area contributed by atoms with Gasteiger partial charge in [-0.15, -0.1) is 0 Å². The molecule has 21 heavy (non-hydrogen) atoms. The van der Waals surface area contributed by atoms with Gasteiger partial charge in [-0.3, -0.25) is 9.69 Å². The molecule has 1 saturated carbocycles. The zero-order valence-electron chi connectivity index (χ0n) is 13.4. The van der Waals surface area contributed by atoms with Crippen LogP contribution in [0.3, 0.4) is 0 Å². The Balaban J connectivity index is 3.01. The first-order valence-corrected chi connectivity index (χ1v) is 7.28. The Morgan fingerprint density at radius 2 is 1.90 bits per heavy atom. The lowest BCUT2D eigenvalue weighted by Gasteiger charge is -2.39. The van der Waals surface area contributed by atoms with Crippen molar-refractivity contribution in [3.8, 4) is 6.07 Å². The fourth-order valence-corrected chi connectivity index (χ4v) is 2.37. The monoisotopic (exact) mass is 295 g/mol. The predicted molar refractivity (Wildman–Crippen MR) is 78.6 cm³/mol. The Morgan fingerprint density at radius 1 is 1.38 bits per heavy atom. The molecule has 1 aliphatic carbocycles. The summed E-state index contributed by atoms with van der Waals surface area (Å²) in [5, 5.41) is 21.3. The molecule has 118 valence electrons. The molecule has 6 nitrogen and oxygen atoms in total. The van der Waals surface area contributed by atoms with Gasteiger partial charge in [0.2, 0.25) is 5.91 Å². The van der Waals surface area contributed by atoms with Crippen molar-refractivity contribution in [2.24, 2.45) is 5.92 Å². The molecule has 0 heterocycles. The highest BCUT2D eigenvalue weighted by molar-refractivity contribution is 5.87. The fraction of sp³-hybridized carbons (Fsp3) is 0.800.